The third-order valence-electron chi connectivity index (χ3n) is 3.06. The second-order valence-corrected chi connectivity index (χ2v) is 6.05. The Morgan fingerprint density at radius 2 is 1.95 bits per heavy atom. The Morgan fingerprint density at radius 3 is 2.65 bits per heavy atom. The molecule has 2 rings (SSSR count). The van der Waals surface area contributed by atoms with Crippen LogP contribution in [0.2, 0.25) is 5.02 Å². The maximum atomic E-state index is 12.1. The monoisotopic (exact) mass is 351 g/mol. The molecule has 0 fully saturated rings. The lowest BCUT2D eigenvalue weighted by Gasteiger charge is -2.09. The lowest BCUT2D eigenvalue weighted by Crippen LogP contribution is -2.15. The number of benzene rings is 2. The van der Waals surface area contributed by atoms with Gasteiger partial charge in [0.1, 0.15) is 0 Å². The van der Waals surface area contributed by atoms with Crippen molar-refractivity contribution in [1.82, 2.24) is 0 Å². The number of halogens is 2. The molecule has 1 N–H and O–H groups in total. The van der Waals surface area contributed by atoms with Gasteiger partial charge in [-0.15, -0.1) is 0 Å². The first kappa shape index (κ1) is 15.1. The average molecular weight is 353 g/mol. The van der Waals surface area contributed by atoms with Crippen LogP contribution in [0.4, 0.5) is 5.69 Å². The normalized spacial score (nSPS) is 10.4. The highest BCUT2D eigenvalue weighted by molar-refractivity contribution is 9.10. The summed E-state index contributed by atoms with van der Waals surface area (Å²) in [6.45, 7) is 4.04. The van der Waals surface area contributed by atoms with Gasteiger partial charge < -0.3 is 5.32 Å². The average Bonchev–Trinajstić information content (AvgIpc) is 2.38. The van der Waals surface area contributed by atoms with Crippen molar-refractivity contribution in [3.05, 3.63) is 62.6 Å². The fraction of sp³-hybridized carbons (Fsp3) is 0.188. The van der Waals surface area contributed by atoms with Gasteiger partial charge in [0.05, 0.1) is 11.4 Å². The van der Waals surface area contributed by atoms with Crippen molar-refractivity contribution in [3.63, 3.8) is 0 Å². The van der Waals surface area contributed by atoms with Crippen LogP contribution >= 0.6 is 27.5 Å². The molecule has 0 spiro atoms. The van der Waals surface area contributed by atoms with Gasteiger partial charge in [-0.3, -0.25) is 4.79 Å². The molecule has 20 heavy (non-hydrogen) atoms. The van der Waals surface area contributed by atoms with Crippen LogP contribution in [-0.2, 0) is 11.2 Å². The Labute approximate surface area is 132 Å². The van der Waals surface area contributed by atoms with Gasteiger partial charge in [0.2, 0.25) is 5.91 Å². The number of aryl methyl sites for hydroxylation is 2. The van der Waals surface area contributed by atoms with Gasteiger partial charge in [0, 0.05) is 10.2 Å². The molecule has 4 heteroatoms. The molecule has 0 aliphatic heterocycles. The van der Waals surface area contributed by atoms with Crippen LogP contribution < -0.4 is 5.32 Å². The topological polar surface area (TPSA) is 29.1 Å². The Hall–Kier alpha value is -1.32. The van der Waals surface area contributed by atoms with Crippen molar-refractivity contribution >= 4 is 39.1 Å². The van der Waals surface area contributed by atoms with Gasteiger partial charge >= 0.3 is 0 Å². The van der Waals surface area contributed by atoms with Gasteiger partial charge in [-0.1, -0.05) is 35.4 Å². The summed E-state index contributed by atoms with van der Waals surface area (Å²) in [7, 11) is 0. The predicted molar refractivity (Wildman–Crippen MR) is 87.4 cm³/mol. The SMILES string of the molecule is Cc1ccc(C)c(CC(=O)Nc2ccc(Br)c(Cl)c2)c1. The van der Waals surface area contributed by atoms with E-state index in [0.717, 1.165) is 21.2 Å². The van der Waals surface area contributed by atoms with Crippen molar-refractivity contribution < 1.29 is 4.79 Å². The maximum absolute atomic E-state index is 12.1. The molecule has 1 amide bonds. The van der Waals surface area contributed by atoms with E-state index in [9.17, 15) is 4.79 Å². The van der Waals surface area contributed by atoms with E-state index >= 15 is 0 Å². The Balaban J connectivity index is 2.09. The van der Waals surface area contributed by atoms with Gasteiger partial charge in [0.15, 0.2) is 0 Å². The molecule has 0 atom stereocenters. The minimum atomic E-state index is -0.0444. The minimum Gasteiger partial charge on any atom is -0.326 e. The first-order chi connectivity index (χ1) is 9.45. The van der Waals surface area contributed by atoms with Crippen molar-refractivity contribution in [1.29, 1.82) is 0 Å². The van der Waals surface area contributed by atoms with Gasteiger partial charge in [-0.25, -0.2) is 0 Å². The van der Waals surface area contributed by atoms with E-state index in [4.69, 9.17) is 11.6 Å². The molecule has 0 bridgehead atoms. The van der Waals surface area contributed by atoms with E-state index in [2.05, 4.69) is 21.2 Å². The molecule has 0 aliphatic carbocycles. The minimum absolute atomic E-state index is 0.0444. The lowest BCUT2D eigenvalue weighted by atomic mass is 10.0. The van der Waals surface area contributed by atoms with E-state index < -0.39 is 0 Å². The second kappa shape index (κ2) is 6.42. The number of nitrogens with one attached hydrogen (secondary N) is 1. The first-order valence-electron chi connectivity index (χ1n) is 6.27. The molecule has 0 aromatic heterocycles. The molecule has 0 saturated heterocycles. The molecule has 104 valence electrons. The summed E-state index contributed by atoms with van der Waals surface area (Å²) in [5.41, 5.74) is 4.03. The maximum Gasteiger partial charge on any atom is 0.228 e. The molecule has 0 saturated carbocycles. The fourth-order valence-corrected chi connectivity index (χ4v) is 2.37. The molecule has 2 aromatic rings. The number of carbonyl (C=O) groups excluding carboxylic acids is 1. The molecule has 0 radical (unpaired) electrons. The van der Waals surface area contributed by atoms with E-state index in [-0.39, 0.29) is 5.91 Å². The summed E-state index contributed by atoms with van der Waals surface area (Å²) >= 11 is 9.33. The Morgan fingerprint density at radius 1 is 1.20 bits per heavy atom. The van der Waals surface area contributed by atoms with Crippen LogP contribution in [0.15, 0.2) is 40.9 Å². The van der Waals surface area contributed by atoms with Crippen molar-refractivity contribution in [2.45, 2.75) is 20.3 Å². The molecule has 2 nitrogen and oxygen atoms in total. The fourth-order valence-electron chi connectivity index (χ4n) is 1.94. The van der Waals surface area contributed by atoms with Gasteiger partial charge in [-0.05, 0) is 59.1 Å². The predicted octanol–water partition coefficient (Wildman–Crippen LogP) is 4.90. The standard InChI is InChI=1S/C16H15BrClNO/c1-10-3-4-11(2)12(7-10)8-16(20)19-13-5-6-14(17)15(18)9-13/h3-7,9H,8H2,1-2H3,(H,19,20). The Kier molecular flexibility index (Phi) is 4.84. The Bertz CT molecular complexity index is 655. The summed E-state index contributed by atoms with van der Waals surface area (Å²) in [6.07, 6.45) is 0.362. The van der Waals surface area contributed by atoms with Crippen LogP contribution in [0.1, 0.15) is 16.7 Å². The summed E-state index contributed by atoms with van der Waals surface area (Å²) in [5.74, 6) is -0.0444. The molecule has 0 aliphatic rings. The van der Waals surface area contributed by atoms with Crippen LogP contribution in [0.3, 0.4) is 0 Å². The van der Waals surface area contributed by atoms with Crippen molar-refractivity contribution in [2.24, 2.45) is 0 Å². The third kappa shape index (κ3) is 3.84. The third-order valence-corrected chi connectivity index (χ3v) is 4.29. The zero-order chi connectivity index (χ0) is 14.7. The number of anilines is 1. The van der Waals surface area contributed by atoms with Crippen molar-refractivity contribution in [3.8, 4) is 0 Å². The summed E-state index contributed by atoms with van der Waals surface area (Å²) in [4.78, 5) is 12.1. The highest BCUT2D eigenvalue weighted by Crippen LogP contribution is 2.25. The second-order valence-electron chi connectivity index (χ2n) is 4.78. The smallest absolute Gasteiger partial charge is 0.228 e. The summed E-state index contributed by atoms with van der Waals surface area (Å²) in [5, 5.41) is 3.44. The van der Waals surface area contributed by atoms with Crippen LogP contribution in [0.5, 0.6) is 0 Å². The molecule has 0 unspecified atom stereocenters. The molecule has 2 aromatic carbocycles. The zero-order valence-electron chi connectivity index (χ0n) is 11.3. The van der Waals surface area contributed by atoms with Gasteiger partial charge in [0.25, 0.3) is 0 Å². The highest BCUT2D eigenvalue weighted by atomic mass is 79.9. The summed E-state index contributed by atoms with van der Waals surface area (Å²) < 4.78 is 0.812. The number of hydrogen-bond donors (Lipinski definition) is 1. The molecular weight excluding hydrogens is 338 g/mol. The van der Waals surface area contributed by atoms with Crippen LogP contribution in [0.25, 0.3) is 0 Å². The largest absolute Gasteiger partial charge is 0.326 e. The first-order valence-corrected chi connectivity index (χ1v) is 7.44. The van der Waals surface area contributed by atoms with E-state index in [1.54, 1.807) is 6.07 Å². The van der Waals surface area contributed by atoms with Crippen LogP contribution in [0, 0.1) is 13.8 Å². The quantitative estimate of drug-likeness (QED) is 0.836. The number of hydrogen-bond acceptors (Lipinski definition) is 1. The van der Waals surface area contributed by atoms with E-state index in [1.165, 1.54) is 0 Å². The van der Waals surface area contributed by atoms with E-state index in [1.807, 2.05) is 44.2 Å². The van der Waals surface area contributed by atoms with Crippen LogP contribution in [-0.4, -0.2) is 5.91 Å². The number of amides is 1. The number of rotatable bonds is 3. The van der Waals surface area contributed by atoms with E-state index in [0.29, 0.717) is 17.1 Å². The zero-order valence-corrected chi connectivity index (χ0v) is 13.7. The highest BCUT2D eigenvalue weighted by Gasteiger charge is 2.08. The molecule has 0 heterocycles. The molecular formula is C16H15BrClNO. The lowest BCUT2D eigenvalue weighted by molar-refractivity contribution is -0.115. The van der Waals surface area contributed by atoms with Gasteiger partial charge in [-0.2, -0.15) is 0 Å². The summed E-state index contributed by atoms with van der Waals surface area (Å²) in [6, 6.07) is 11.5. The van der Waals surface area contributed by atoms with Crippen molar-refractivity contribution in [2.75, 3.05) is 5.32 Å². The number of carbonyl (C=O) groups is 1.